The number of rotatable bonds is 4. The van der Waals surface area contributed by atoms with Gasteiger partial charge in [-0.15, -0.1) is 11.3 Å². The normalized spacial score (nSPS) is 12.6. The van der Waals surface area contributed by atoms with Gasteiger partial charge in [-0.25, -0.2) is 4.98 Å². The summed E-state index contributed by atoms with van der Waals surface area (Å²) in [5, 5.41) is 11.7. The topological polar surface area (TPSA) is 46.0 Å². The molecule has 3 nitrogen and oxygen atoms in total. The first-order valence-corrected chi connectivity index (χ1v) is 7.12. The van der Waals surface area contributed by atoms with E-state index in [9.17, 15) is 5.11 Å². The van der Waals surface area contributed by atoms with Gasteiger partial charge in [0.1, 0.15) is 0 Å². The third kappa shape index (κ3) is 3.28. The Bertz CT molecular complexity index is 482. The summed E-state index contributed by atoms with van der Waals surface area (Å²) in [4.78, 5) is 9.69. The molecule has 0 spiro atoms. The van der Waals surface area contributed by atoms with Crippen molar-refractivity contribution in [3.63, 3.8) is 0 Å². The predicted molar refractivity (Wildman–Crippen MR) is 70.5 cm³/mol. The molecule has 0 bridgehead atoms. The Balaban J connectivity index is 2.08. The van der Waals surface area contributed by atoms with E-state index in [2.05, 4.69) is 9.97 Å². The number of aryl methyl sites for hydroxylation is 1. The molecule has 1 atom stereocenters. The summed E-state index contributed by atoms with van der Waals surface area (Å²) in [6, 6.07) is 3.85. The molecule has 2 heterocycles. The van der Waals surface area contributed by atoms with Crippen LogP contribution < -0.4 is 0 Å². The van der Waals surface area contributed by atoms with E-state index >= 15 is 0 Å². The van der Waals surface area contributed by atoms with Crippen molar-refractivity contribution in [2.75, 3.05) is 0 Å². The molecule has 90 valence electrons. The Hall–Kier alpha value is -0.910. The third-order valence-electron chi connectivity index (χ3n) is 2.29. The molecule has 1 unspecified atom stereocenters. The molecule has 17 heavy (non-hydrogen) atoms. The van der Waals surface area contributed by atoms with E-state index in [1.165, 1.54) is 0 Å². The van der Waals surface area contributed by atoms with Crippen molar-refractivity contribution in [2.45, 2.75) is 35.6 Å². The van der Waals surface area contributed by atoms with Crippen LogP contribution in [0.25, 0.3) is 0 Å². The fraction of sp³-hybridized carbons (Fsp3) is 0.333. The van der Waals surface area contributed by atoms with Crippen molar-refractivity contribution >= 4 is 23.1 Å². The molecule has 0 aromatic carbocycles. The Morgan fingerprint density at radius 1 is 1.47 bits per heavy atom. The molecule has 2 rings (SSSR count). The monoisotopic (exact) mass is 266 g/mol. The first-order chi connectivity index (χ1) is 8.19. The average Bonchev–Trinajstić information content (AvgIpc) is 2.75. The zero-order valence-corrected chi connectivity index (χ0v) is 11.4. The van der Waals surface area contributed by atoms with E-state index in [0.717, 1.165) is 20.6 Å². The average molecular weight is 266 g/mol. The molecule has 0 aliphatic carbocycles. The zero-order chi connectivity index (χ0) is 12.3. The highest BCUT2D eigenvalue weighted by Gasteiger charge is 2.07. The van der Waals surface area contributed by atoms with Crippen LogP contribution in [-0.4, -0.2) is 15.1 Å². The summed E-state index contributed by atoms with van der Waals surface area (Å²) in [6.45, 7) is 3.92. The highest BCUT2D eigenvalue weighted by atomic mass is 32.2. The minimum atomic E-state index is -0.462. The van der Waals surface area contributed by atoms with Crippen LogP contribution in [0.2, 0.25) is 0 Å². The van der Waals surface area contributed by atoms with Crippen LogP contribution in [0.15, 0.2) is 32.9 Å². The summed E-state index contributed by atoms with van der Waals surface area (Å²) in [5.41, 5.74) is 1.77. The molecule has 0 aliphatic heterocycles. The van der Waals surface area contributed by atoms with Crippen molar-refractivity contribution < 1.29 is 5.11 Å². The number of thiazole rings is 1. The van der Waals surface area contributed by atoms with E-state index in [-0.39, 0.29) is 0 Å². The number of aromatic nitrogens is 2. The van der Waals surface area contributed by atoms with Crippen LogP contribution in [0, 0.1) is 6.92 Å². The lowest BCUT2D eigenvalue weighted by Crippen LogP contribution is -1.97. The van der Waals surface area contributed by atoms with Crippen LogP contribution in [0.4, 0.5) is 0 Å². The molecule has 0 saturated heterocycles. The molecule has 0 aliphatic rings. The van der Waals surface area contributed by atoms with Crippen molar-refractivity contribution in [2.24, 2.45) is 0 Å². The van der Waals surface area contributed by atoms with Crippen molar-refractivity contribution in [3.05, 3.63) is 35.1 Å². The van der Waals surface area contributed by atoms with Gasteiger partial charge < -0.3 is 5.11 Å². The van der Waals surface area contributed by atoms with E-state index in [1.54, 1.807) is 29.3 Å². The molecule has 2 aromatic heterocycles. The Kier molecular flexibility index (Phi) is 4.15. The van der Waals surface area contributed by atoms with Gasteiger partial charge in [0.25, 0.3) is 0 Å². The molecule has 0 fully saturated rings. The summed E-state index contributed by atoms with van der Waals surface area (Å²) in [7, 11) is 0. The maximum Gasteiger partial charge on any atom is 0.154 e. The lowest BCUT2D eigenvalue weighted by molar-refractivity contribution is 0.169. The maximum atomic E-state index is 9.63. The van der Waals surface area contributed by atoms with Gasteiger partial charge in [0.05, 0.1) is 11.8 Å². The minimum absolute atomic E-state index is 0.462. The Morgan fingerprint density at radius 3 is 2.82 bits per heavy atom. The highest BCUT2D eigenvalue weighted by Crippen LogP contribution is 2.30. The summed E-state index contributed by atoms with van der Waals surface area (Å²) in [6.07, 6.45) is 2.01. The Labute approximate surface area is 109 Å². The second-order valence-electron chi connectivity index (χ2n) is 3.70. The van der Waals surface area contributed by atoms with Crippen LogP contribution >= 0.6 is 23.1 Å². The van der Waals surface area contributed by atoms with E-state index in [4.69, 9.17) is 0 Å². The van der Waals surface area contributed by atoms with Gasteiger partial charge in [0.2, 0.25) is 0 Å². The van der Waals surface area contributed by atoms with Gasteiger partial charge in [0.15, 0.2) is 4.34 Å². The molecule has 0 radical (unpaired) electrons. The minimum Gasteiger partial charge on any atom is -0.387 e. The number of aliphatic hydroxyl groups is 1. The van der Waals surface area contributed by atoms with Crippen molar-refractivity contribution in [1.82, 2.24) is 9.97 Å². The number of nitrogens with zero attached hydrogens (tertiary/aromatic N) is 2. The summed E-state index contributed by atoms with van der Waals surface area (Å²) < 4.78 is 1.02. The van der Waals surface area contributed by atoms with Gasteiger partial charge >= 0.3 is 0 Å². The predicted octanol–water partition coefficient (Wildman–Crippen LogP) is 3.44. The molecule has 5 heteroatoms. The van der Waals surface area contributed by atoms with E-state index in [1.807, 2.05) is 31.4 Å². The fourth-order valence-electron chi connectivity index (χ4n) is 1.34. The molecular formula is C12H14N2OS2. The second-order valence-corrected chi connectivity index (χ2v) is 5.88. The largest absolute Gasteiger partial charge is 0.387 e. The van der Waals surface area contributed by atoms with Crippen LogP contribution in [0.3, 0.4) is 0 Å². The van der Waals surface area contributed by atoms with Crippen molar-refractivity contribution in [3.8, 4) is 0 Å². The molecule has 0 saturated carbocycles. The highest BCUT2D eigenvalue weighted by molar-refractivity contribution is 8.01. The van der Waals surface area contributed by atoms with Crippen LogP contribution in [0.1, 0.15) is 30.8 Å². The van der Waals surface area contributed by atoms with Crippen molar-refractivity contribution in [1.29, 1.82) is 0 Å². The summed E-state index contributed by atoms with van der Waals surface area (Å²) >= 11 is 3.23. The van der Waals surface area contributed by atoms with Gasteiger partial charge in [-0.3, -0.25) is 4.98 Å². The van der Waals surface area contributed by atoms with E-state index < -0.39 is 6.10 Å². The molecule has 1 N–H and O–H groups in total. The lowest BCUT2D eigenvalue weighted by Gasteiger charge is -2.06. The zero-order valence-electron chi connectivity index (χ0n) is 9.75. The van der Waals surface area contributed by atoms with Gasteiger partial charge in [0, 0.05) is 22.2 Å². The lowest BCUT2D eigenvalue weighted by atomic mass is 10.2. The molecule has 0 amide bonds. The summed E-state index contributed by atoms with van der Waals surface area (Å²) in [5.74, 6) is 0. The second kappa shape index (κ2) is 5.62. The fourth-order valence-corrected chi connectivity index (χ4v) is 3.12. The van der Waals surface area contributed by atoms with Crippen LogP contribution in [-0.2, 0) is 0 Å². The third-order valence-corrected chi connectivity index (χ3v) is 4.32. The standard InChI is InChI=1S/C12H14N2OS2/c1-3-11(15)10-5-4-9(6-13-10)17-12-14-8(2)7-16-12/h4-7,11,15H,3H2,1-2H3. The molecule has 2 aromatic rings. The SMILES string of the molecule is CCC(O)c1ccc(Sc2nc(C)cs2)cn1. The number of hydrogen-bond donors (Lipinski definition) is 1. The van der Waals surface area contributed by atoms with E-state index in [0.29, 0.717) is 6.42 Å². The number of hydrogen-bond acceptors (Lipinski definition) is 5. The number of pyridine rings is 1. The first-order valence-electron chi connectivity index (χ1n) is 5.43. The van der Waals surface area contributed by atoms with Gasteiger partial charge in [-0.05, 0) is 25.5 Å². The Morgan fingerprint density at radius 2 is 2.29 bits per heavy atom. The van der Waals surface area contributed by atoms with Crippen LogP contribution in [0.5, 0.6) is 0 Å². The maximum absolute atomic E-state index is 9.63. The quantitative estimate of drug-likeness (QED) is 0.920. The number of aliphatic hydroxyl groups excluding tert-OH is 1. The van der Waals surface area contributed by atoms with Gasteiger partial charge in [-0.2, -0.15) is 0 Å². The smallest absolute Gasteiger partial charge is 0.154 e. The van der Waals surface area contributed by atoms with Gasteiger partial charge in [-0.1, -0.05) is 18.7 Å². The first kappa shape index (κ1) is 12.5. The molecular weight excluding hydrogens is 252 g/mol.